The minimum atomic E-state index is 0.299. The fraction of sp³-hybridized carbons (Fsp3) is 0.900. The molecule has 0 saturated carbocycles. The Morgan fingerprint density at radius 3 is 2.57 bits per heavy atom. The van der Waals surface area contributed by atoms with E-state index < -0.39 is 0 Å². The average Bonchev–Trinajstić information content (AvgIpc) is 2.21. The molecule has 1 rings (SSSR count). The monoisotopic (exact) mass is 200 g/mol. The zero-order chi connectivity index (χ0) is 10.2. The number of hydrogen-bond acceptors (Lipinski definition) is 4. The predicted octanol–water partition coefficient (Wildman–Crippen LogP) is 0.931. The van der Waals surface area contributed by atoms with E-state index in [1.165, 1.54) is 0 Å². The topological polar surface area (TPSA) is 56.1 Å². The van der Waals surface area contributed by atoms with Crippen molar-refractivity contribution in [2.24, 2.45) is 11.1 Å². The third kappa shape index (κ3) is 4.07. The van der Waals surface area contributed by atoms with Crippen LogP contribution in [0.25, 0.3) is 0 Å². The molecule has 0 spiro atoms. The van der Waals surface area contributed by atoms with Gasteiger partial charge in [-0.25, -0.2) is 0 Å². The fourth-order valence-electron chi connectivity index (χ4n) is 1.87. The third-order valence-corrected chi connectivity index (χ3v) is 2.79. The van der Waals surface area contributed by atoms with Crippen LogP contribution in [-0.2, 0) is 0 Å². The molecule has 4 nitrogen and oxygen atoms in total. The molecule has 0 amide bonds. The summed E-state index contributed by atoms with van der Waals surface area (Å²) in [5.74, 6) is 0.453. The Morgan fingerprint density at radius 1 is 1.29 bits per heavy atom. The Balaban J connectivity index is 2.09. The molecule has 1 aliphatic rings. The molecule has 0 bridgehead atoms. The van der Waals surface area contributed by atoms with Crippen molar-refractivity contribution in [3.63, 3.8) is 0 Å². The second-order valence-electron chi connectivity index (χ2n) is 3.87. The van der Waals surface area contributed by atoms with Crippen LogP contribution in [0.5, 0.6) is 0 Å². The quantitative estimate of drug-likeness (QED) is 0.300. The van der Waals surface area contributed by atoms with Crippen molar-refractivity contribution in [2.45, 2.75) is 25.7 Å². The number of nitrogens with zero attached hydrogens (tertiary/aromatic N) is 2. The summed E-state index contributed by atoms with van der Waals surface area (Å²) in [6, 6.07) is 0. The van der Waals surface area contributed by atoms with Gasteiger partial charge in [0.15, 0.2) is 0 Å². The fourth-order valence-corrected chi connectivity index (χ4v) is 1.87. The molecule has 82 valence electrons. The zero-order valence-corrected chi connectivity index (χ0v) is 8.60. The summed E-state index contributed by atoms with van der Waals surface area (Å²) in [6.07, 6.45) is 5.80. The largest absolute Gasteiger partial charge is 0.411 e. The van der Waals surface area contributed by atoms with Gasteiger partial charge in [-0.1, -0.05) is 0 Å². The first kappa shape index (κ1) is 11.5. The molecular weight excluding hydrogens is 180 g/mol. The summed E-state index contributed by atoms with van der Waals surface area (Å²) >= 11 is 0. The van der Waals surface area contributed by atoms with Crippen LogP contribution in [0.3, 0.4) is 0 Å². The molecule has 0 atom stereocenters. The van der Waals surface area contributed by atoms with Gasteiger partial charge in [-0.2, -0.15) is 0 Å². The summed E-state index contributed by atoms with van der Waals surface area (Å²) < 4.78 is 0. The van der Waals surface area contributed by atoms with E-state index in [2.05, 4.69) is 10.1 Å². The number of piperidine rings is 1. The van der Waals surface area contributed by atoms with Gasteiger partial charge in [-0.15, -0.1) is 5.16 Å². The van der Waals surface area contributed by atoms with Crippen LogP contribution < -0.4 is 0 Å². The van der Waals surface area contributed by atoms with Crippen molar-refractivity contribution in [3.8, 4) is 0 Å². The molecule has 0 aliphatic carbocycles. The Bertz CT molecular complexity index is 166. The molecule has 2 N–H and O–H groups in total. The van der Waals surface area contributed by atoms with Crippen LogP contribution >= 0.6 is 0 Å². The van der Waals surface area contributed by atoms with Gasteiger partial charge in [-0.3, -0.25) is 0 Å². The number of rotatable bonds is 5. The van der Waals surface area contributed by atoms with Crippen molar-refractivity contribution < 1.29 is 10.3 Å². The second kappa shape index (κ2) is 6.79. The van der Waals surface area contributed by atoms with E-state index in [4.69, 9.17) is 10.3 Å². The third-order valence-electron chi connectivity index (χ3n) is 2.79. The number of aliphatic hydroxyl groups excluding tert-OH is 1. The molecule has 1 fully saturated rings. The summed E-state index contributed by atoms with van der Waals surface area (Å²) in [5.41, 5.74) is 0. The molecule has 4 heteroatoms. The summed E-state index contributed by atoms with van der Waals surface area (Å²) in [5, 5.41) is 20.1. The molecular formula is C10H20N2O2. The van der Waals surface area contributed by atoms with Crippen molar-refractivity contribution in [3.05, 3.63) is 0 Å². The lowest BCUT2D eigenvalue weighted by atomic mass is 9.98. The second-order valence-corrected chi connectivity index (χ2v) is 3.87. The lowest BCUT2D eigenvalue weighted by molar-refractivity contribution is 0.196. The number of unbranched alkanes of at least 4 members (excludes halogenated alkanes) is 1. The normalized spacial score (nSPS) is 20.6. The molecule has 0 unspecified atom stereocenters. The lowest BCUT2D eigenvalue weighted by Crippen LogP contribution is -2.34. The highest BCUT2D eigenvalue weighted by atomic mass is 16.4. The molecule has 0 radical (unpaired) electrons. The number of likely N-dealkylation sites (tertiary alicyclic amines) is 1. The van der Waals surface area contributed by atoms with Crippen LogP contribution in [-0.4, -0.2) is 47.7 Å². The van der Waals surface area contributed by atoms with Gasteiger partial charge >= 0.3 is 0 Å². The number of oxime groups is 1. The molecule has 1 heterocycles. The van der Waals surface area contributed by atoms with Gasteiger partial charge in [-0.05, 0) is 51.2 Å². The van der Waals surface area contributed by atoms with E-state index in [9.17, 15) is 0 Å². The minimum Gasteiger partial charge on any atom is -0.411 e. The predicted molar refractivity (Wildman–Crippen MR) is 55.8 cm³/mol. The van der Waals surface area contributed by atoms with Crippen molar-refractivity contribution in [1.29, 1.82) is 0 Å². The highest BCUT2D eigenvalue weighted by Crippen LogP contribution is 2.15. The Kier molecular flexibility index (Phi) is 5.56. The minimum absolute atomic E-state index is 0.299. The lowest BCUT2D eigenvalue weighted by Gasteiger charge is -2.29. The highest BCUT2D eigenvalue weighted by Gasteiger charge is 2.16. The van der Waals surface area contributed by atoms with Gasteiger partial charge < -0.3 is 15.2 Å². The maximum absolute atomic E-state index is 8.64. The maximum Gasteiger partial charge on any atom is 0.0467 e. The van der Waals surface area contributed by atoms with Gasteiger partial charge in [0.2, 0.25) is 0 Å². The molecule has 1 saturated heterocycles. The molecule has 0 aromatic heterocycles. The van der Waals surface area contributed by atoms with Gasteiger partial charge in [0.05, 0.1) is 0 Å². The smallest absolute Gasteiger partial charge is 0.0467 e. The van der Waals surface area contributed by atoms with Gasteiger partial charge in [0, 0.05) is 12.8 Å². The van der Waals surface area contributed by atoms with E-state index >= 15 is 0 Å². The van der Waals surface area contributed by atoms with E-state index in [-0.39, 0.29) is 0 Å². The van der Waals surface area contributed by atoms with Crippen LogP contribution in [0.4, 0.5) is 0 Å². The first-order valence-corrected chi connectivity index (χ1v) is 5.37. The maximum atomic E-state index is 8.64. The van der Waals surface area contributed by atoms with Crippen molar-refractivity contribution >= 4 is 6.21 Å². The first-order chi connectivity index (χ1) is 6.86. The standard InChI is InChI=1S/C10H20N2O2/c13-8-2-1-5-12-6-3-10(4-7-12)9-11-14/h9-10,13-14H,1-8H2. The van der Waals surface area contributed by atoms with Crippen LogP contribution in [0.1, 0.15) is 25.7 Å². The van der Waals surface area contributed by atoms with E-state index in [0.29, 0.717) is 12.5 Å². The molecule has 0 aromatic rings. The van der Waals surface area contributed by atoms with E-state index in [1.807, 2.05) is 0 Å². The first-order valence-electron chi connectivity index (χ1n) is 5.37. The summed E-state index contributed by atoms with van der Waals surface area (Å²) in [4.78, 5) is 2.41. The van der Waals surface area contributed by atoms with E-state index in [1.54, 1.807) is 6.21 Å². The molecule has 14 heavy (non-hydrogen) atoms. The van der Waals surface area contributed by atoms with Gasteiger partial charge in [0.1, 0.15) is 0 Å². The number of aliphatic hydroxyl groups is 1. The van der Waals surface area contributed by atoms with Gasteiger partial charge in [0.25, 0.3) is 0 Å². The highest BCUT2D eigenvalue weighted by molar-refractivity contribution is 5.59. The summed E-state index contributed by atoms with van der Waals surface area (Å²) in [6.45, 7) is 3.56. The Hall–Kier alpha value is -0.610. The van der Waals surface area contributed by atoms with Crippen LogP contribution in [0.2, 0.25) is 0 Å². The Morgan fingerprint density at radius 2 is 2.00 bits per heavy atom. The molecule has 1 aliphatic heterocycles. The van der Waals surface area contributed by atoms with Crippen LogP contribution in [0, 0.1) is 5.92 Å². The van der Waals surface area contributed by atoms with E-state index in [0.717, 1.165) is 45.3 Å². The molecule has 0 aromatic carbocycles. The van der Waals surface area contributed by atoms with Crippen LogP contribution in [0.15, 0.2) is 5.16 Å². The average molecular weight is 200 g/mol. The zero-order valence-electron chi connectivity index (χ0n) is 8.60. The summed E-state index contributed by atoms with van der Waals surface area (Å²) in [7, 11) is 0. The Labute approximate surface area is 85.2 Å². The van der Waals surface area contributed by atoms with Crippen molar-refractivity contribution in [1.82, 2.24) is 4.90 Å². The SMILES string of the molecule is OCCCCN1CCC(C=NO)CC1. The van der Waals surface area contributed by atoms with Crippen molar-refractivity contribution in [2.75, 3.05) is 26.2 Å². The number of hydrogen-bond donors (Lipinski definition) is 2.